The summed E-state index contributed by atoms with van der Waals surface area (Å²) in [6.45, 7) is 5.48. The Hall–Kier alpha value is -3.47. The first-order valence-electron chi connectivity index (χ1n) is 12.2. The van der Waals surface area contributed by atoms with Crippen molar-refractivity contribution in [2.24, 2.45) is 0 Å². The van der Waals surface area contributed by atoms with Crippen molar-refractivity contribution in [1.29, 1.82) is 0 Å². The van der Waals surface area contributed by atoms with Crippen LogP contribution in [0.4, 0.5) is 18.0 Å². The zero-order valence-corrected chi connectivity index (χ0v) is 23.2. The first kappa shape index (κ1) is 29.5. The predicted octanol–water partition coefficient (Wildman–Crippen LogP) is 6.73. The molecule has 2 amide bonds. The Morgan fingerprint density at radius 2 is 1.57 bits per heavy atom. The van der Waals surface area contributed by atoms with Crippen LogP contribution >= 0.6 is 23.2 Å². The second-order valence-corrected chi connectivity index (χ2v) is 10.9. The molecule has 1 atom stereocenters. The maximum atomic E-state index is 14.4. The minimum absolute atomic E-state index is 0.0266. The van der Waals surface area contributed by atoms with E-state index in [0.29, 0.717) is 21.9 Å². The Morgan fingerprint density at radius 3 is 2.20 bits per heavy atom. The molecule has 0 fully saturated rings. The molecule has 0 saturated carbocycles. The van der Waals surface area contributed by atoms with Gasteiger partial charge in [-0.05, 0) is 61.9 Å². The molecule has 4 rings (SSSR count). The Bertz CT molecular complexity index is 1470. The van der Waals surface area contributed by atoms with Crippen molar-refractivity contribution in [2.45, 2.75) is 38.1 Å². The molecule has 3 aromatic carbocycles. The number of nitrogens with one attached hydrogen (secondary N) is 3. The summed E-state index contributed by atoms with van der Waals surface area (Å²) < 4.78 is 48.5. The lowest BCUT2D eigenvalue weighted by Gasteiger charge is -2.28. The molecule has 1 aliphatic heterocycles. The van der Waals surface area contributed by atoms with Crippen LogP contribution in [0.3, 0.4) is 0 Å². The number of fused-ring (bicyclic) bond motifs is 1. The fourth-order valence-corrected chi connectivity index (χ4v) is 4.75. The summed E-state index contributed by atoms with van der Waals surface area (Å²) in [7, 11) is 0. The van der Waals surface area contributed by atoms with Gasteiger partial charge in [0.25, 0.3) is 5.91 Å². The van der Waals surface area contributed by atoms with E-state index in [2.05, 4.69) is 16.1 Å². The van der Waals surface area contributed by atoms with E-state index in [1.54, 1.807) is 45.0 Å². The Balaban J connectivity index is 1.61. The predicted molar refractivity (Wildman–Crippen MR) is 147 cm³/mol. The molecule has 0 aromatic heterocycles. The van der Waals surface area contributed by atoms with Gasteiger partial charge in [0.1, 0.15) is 5.60 Å². The van der Waals surface area contributed by atoms with Crippen molar-refractivity contribution in [2.75, 3.05) is 13.1 Å². The molecular weight excluding hydrogens is 570 g/mol. The SMILES string of the molecule is CC(C)(C)OC(=O)NCCNC(=O)c1ccc(C2=CC(c3cc(Cl)cc(Cl)c3)(C(F)(F)F)ON2)c2ccccc12. The van der Waals surface area contributed by atoms with E-state index in [-0.39, 0.29) is 34.4 Å². The van der Waals surface area contributed by atoms with Gasteiger partial charge in [0.2, 0.25) is 5.60 Å². The van der Waals surface area contributed by atoms with Crippen LogP contribution in [0.1, 0.15) is 42.3 Å². The maximum Gasteiger partial charge on any atom is 0.428 e. The lowest BCUT2D eigenvalue weighted by atomic mass is 9.90. The summed E-state index contributed by atoms with van der Waals surface area (Å²) in [4.78, 5) is 30.0. The first-order valence-corrected chi connectivity index (χ1v) is 12.9. The third-order valence-electron chi connectivity index (χ3n) is 5.92. The van der Waals surface area contributed by atoms with Crippen molar-refractivity contribution in [1.82, 2.24) is 16.1 Å². The second-order valence-electron chi connectivity index (χ2n) is 10.0. The Kier molecular flexibility index (Phi) is 8.26. The van der Waals surface area contributed by atoms with E-state index in [0.717, 1.165) is 18.2 Å². The van der Waals surface area contributed by atoms with Gasteiger partial charge in [-0.3, -0.25) is 15.1 Å². The van der Waals surface area contributed by atoms with Crippen molar-refractivity contribution in [3.8, 4) is 0 Å². The number of rotatable bonds is 6. The molecule has 12 heteroatoms. The number of alkyl halides is 3. The molecule has 3 aromatic rings. The topological polar surface area (TPSA) is 88.7 Å². The van der Waals surface area contributed by atoms with E-state index < -0.39 is 29.4 Å². The fraction of sp³-hybridized carbons (Fsp3) is 0.286. The Morgan fingerprint density at radius 1 is 0.950 bits per heavy atom. The van der Waals surface area contributed by atoms with Gasteiger partial charge in [0.05, 0.1) is 5.70 Å². The molecule has 1 aliphatic rings. The molecule has 7 nitrogen and oxygen atoms in total. The molecule has 212 valence electrons. The van der Waals surface area contributed by atoms with Crippen LogP contribution in [0.15, 0.2) is 60.7 Å². The number of amides is 2. The number of alkyl carbamates (subject to hydrolysis) is 1. The van der Waals surface area contributed by atoms with Gasteiger partial charge >= 0.3 is 12.3 Å². The normalized spacial score (nSPS) is 17.2. The van der Waals surface area contributed by atoms with E-state index in [1.807, 2.05) is 0 Å². The smallest absolute Gasteiger partial charge is 0.428 e. The minimum Gasteiger partial charge on any atom is -0.444 e. The zero-order valence-electron chi connectivity index (χ0n) is 21.7. The fourth-order valence-electron chi connectivity index (χ4n) is 4.23. The minimum atomic E-state index is -4.86. The molecule has 0 radical (unpaired) electrons. The summed E-state index contributed by atoms with van der Waals surface area (Å²) in [5.41, 5.74) is -0.627. The molecule has 3 N–H and O–H groups in total. The van der Waals surface area contributed by atoms with Crippen molar-refractivity contribution < 1.29 is 32.3 Å². The van der Waals surface area contributed by atoms with Crippen molar-refractivity contribution in [3.63, 3.8) is 0 Å². The first-order chi connectivity index (χ1) is 18.7. The van der Waals surface area contributed by atoms with Gasteiger partial charge in [0, 0.05) is 39.8 Å². The molecule has 0 aliphatic carbocycles. The summed E-state index contributed by atoms with van der Waals surface area (Å²) in [6, 6.07) is 13.5. The van der Waals surface area contributed by atoms with Gasteiger partial charge < -0.3 is 15.4 Å². The van der Waals surface area contributed by atoms with Crippen LogP contribution in [-0.2, 0) is 15.2 Å². The van der Waals surface area contributed by atoms with E-state index in [9.17, 15) is 22.8 Å². The number of ether oxygens (including phenoxy) is 1. The van der Waals surface area contributed by atoms with E-state index in [1.165, 1.54) is 18.2 Å². The molecule has 0 bridgehead atoms. The zero-order chi connectivity index (χ0) is 29.3. The third kappa shape index (κ3) is 6.29. The highest BCUT2D eigenvalue weighted by Crippen LogP contribution is 2.48. The van der Waals surface area contributed by atoms with Crippen LogP contribution in [-0.4, -0.2) is 36.9 Å². The van der Waals surface area contributed by atoms with Crippen LogP contribution < -0.4 is 16.1 Å². The van der Waals surface area contributed by atoms with Gasteiger partial charge in [0.15, 0.2) is 0 Å². The van der Waals surface area contributed by atoms with Gasteiger partial charge in [-0.1, -0.05) is 53.5 Å². The Labute approximate surface area is 238 Å². The van der Waals surface area contributed by atoms with Crippen LogP contribution in [0, 0.1) is 0 Å². The van der Waals surface area contributed by atoms with E-state index >= 15 is 0 Å². The van der Waals surface area contributed by atoms with Crippen LogP contribution in [0.5, 0.6) is 0 Å². The van der Waals surface area contributed by atoms with E-state index in [4.69, 9.17) is 32.8 Å². The molecule has 1 unspecified atom stereocenters. The number of carbonyl (C=O) groups is 2. The highest BCUT2D eigenvalue weighted by Gasteiger charge is 2.59. The maximum absolute atomic E-state index is 14.4. The van der Waals surface area contributed by atoms with Crippen molar-refractivity contribution >= 4 is 51.7 Å². The summed E-state index contributed by atoms with van der Waals surface area (Å²) >= 11 is 12.0. The van der Waals surface area contributed by atoms with Gasteiger partial charge in [-0.15, -0.1) is 0 Å². The molecular formula is C28H26Cl2F3N3O4. The monoisotopic (exact) mass is 595 g/mol. The van der Waals surface area contributed by atoms with Crippen molar-refractivity contribution in [3.05, 3.63) is 87.4 Å². The average Bonchev–Trinajstić information content (AvgIpc) is 3.31. The summed E-state index contributed by atoms with van der Waals surface area (Å²) in [6.07, 6.45) is -4.54. The molecule has 0 saturated heterocycles. The number of hydrogen-bond donors (Lipinski definition) is 3. The number of hydroxylamine groups is 1. The molecule has 0 spiro atoms. The standard InChI is InChI=1S/C28H26Cl2F3N3O4/c1-26(2,3)39-25(38)35-11-10-34-24(37)22-9-8-21(19-6-4-5-7-20(19)22)23-15-27(40-36-23,28(31,32)33)16-12-17(29)14-18(30)13-16/h4-9,12-15,36H,10-11H2,1-3H3,(H,34,37)(H,35,38). The van der Waals surface area contributed by atoms with Crippen LogP contribution in [0.2, 0.25) is 10.0 Å². The van der Waals surface area contributed by atoms with Crippen LogP contribution in [0.25, 0.3) is 16.5 Å². The third-order valence-corrected chi connectivity index (χ3v) is 6.36. The lowest BCUT2D eigenvalue weighted by Crippen LogP contribution is -2.42. The second kappa shape index (κ2) is 11.2. The quantitative estimate of drug-likeness (QED) is 0.275. The summed E-state index contributed by atoms with van der Waals surface area (Å²) in [5, 5.41) is 6.36. The molecule has 40 heavy (non-hydrogen) atoms. The van der Waals surface area contributed by atoms with Gasteiger partial charge in [-0.25, -0.2) is 4.79 Å². The highest BCUT2D eigenvalue weighted by atomic mass is 35.5. The largest absolute Gasteiger partial charge is 0.444 e. The number of carbonyl (C=O) groups excluding carboxylic acids is 2. The molecule has 1 heterocycles. The number of benzene rings is 3. The average molecular weight is 596 g/mol. The summed E-state index contributed by atoms with van der Waals surface area (Å²) in [5.74, 6) is -0.420. The number of halogens is 5. The lowest BCUT2D eigenvalue weighted by molar-refractivity contribution is -0.269. The number of hydrogen-bond acceptors (Lipinski definition) is 5. The highest BCUT2D eigenvalue weighted by molar-refractivity contribution is 6.34. The van der Waals surface area contributed by atoms with Gasteiger partial charge in [-0.2, -0.15) is 13.2 Å².